The molecule has 0 saturated carbocycles. The molecule has 0 bridgehead atoms. The quantitative estimate of drug-likeness (QED) is 0.516. The Morgan fingerprint density at radius 2 is 2.33 bits per heavy atom. The zero-order chi connectivity index (χ0) is 4.99. The molecule has 0 radical (unpaired) electrons. The first-order valence-corrected chi connectivity index (χ1v) is 2.46. The molecule has 0 aromatic rings. The standard InChI is InChI=1S/C4H10OS/c1-4(6)3-5-2/h4,6H,3H2,1-2H3. The minimum absolute atomic E-state index is 0.370. The smallest absolute Gasteiger partial charge is 0.0576 e. The second kappa shape index (κ2) is 3.50. The van der Waals surface area contributed by atoms with Gasteiger partial charge < -0.3 is 4.74 Å². The highest BCUT2D eigenvalue weighted by Gasteiger charge is 1.86. The molecule has 1 atom stereocenters. The second-order valence-corrected chi connectivity index (χ2v) is 2.19. The van der Waals surface area contributed by atoms with E-state index in [4.69, 9.17) is 4.74 Å². The van der Waals surface area contributed by atoms with Crippen molar-refractivity contribution < 1.29 is 4.74 Å². The van der Waals surface area contributed by atoms with Crippen molar-refractivity contribution in [1.29, 1.82) is 0 Å². The summed E-state index contributed by atoms with van der Waals surface area (Å²) in [6, 6.07) is 0. The predicted octanol–water partition coefficient (Wildman–Crippen LogP) is 0.951. The van der Waals surface area contributed by atoms with Gasteiger partial charge in [-0.05, 0) is 0 Å². The monoisotopic (exact) mass is 106 g/mol. The molecule has 0 aliphatic heterocycles. The molecule has 0 rings (SSSR count). The number of methoxy groups -OCH3 is 1. The Morgan fingerprint density at radius 1 is 1.83 bits per heavy atom. The zero-order valence-electron chi connectivity index (χ0n) is 4.14. The van der Waals surface area contributed by atoms with Gasteiger partial charge in [-0.1, -0.05) is 6.92 Å². The summed E-state index contributed by atoms with van der Waals surface area (Å²) in [6.07, 6.45) is 0. The summed E-state index contributed by atoms with van der Waals surface area (Å²) >= 11 is 4.05. The summed E-state index contributed by atoms with van der Waals surface area (Å²) in [5.41, 5.74) is 0. The number of rotatable bonds is 2. The van der Waals surface area contributed by atoms with Crippen molar-refractivity contribution in [3.63, 3.8) is 0 Å². The first kappa shape index (κ1) is 6.31. The van der Waals surface area contributed by atoms with E-state index >= 15 is 0 Å². The molecular weight excluding hydrogens is 96.1 g/mol. The highest BCUT2D eigenvalue weighted by molar-refractivity contribution is 7.80. The molecule has 2 heteroatoms. The summed E-state index contributed by atoms with van der Waals surface area (Å²) in [7, 11) is 1.67. The number of hydrogen-bond donors (Lipinski definition) is 1. The highest BCUT2D eigenvalue weighted by Crippen LogP contribution is 1.89. The Kier molecular flexibility index (Phi) is 3.68. The van der Waals surface area contributed by atoms with E-state index in [0.717, 1.165) is 6.61 Å². The van der Waals surface area contributed by atoms with E-state index in [1.807, 2.05) is 6.92 Å². The topological polar surface area (TPSA) is 9.23 Å². The molecule has 0 heterocycles. The fourth-order valence-corrected chi connectivity index (χ4v) is 0.390. The lowest BCUT2D eigenvalue weighted by molar-refractivity contribution is 0.203. The molecule has 0 fully saturated rings. The molecule has 0 N–H and O–H groups in total. The van der Waals surface area contributed by atoms with Gasteiger partial charge in [-0.15, -0.1) is 0 Å². The molecule has 0 aliphatic carbocycles. The summed E-state index contributed by atoms with van der Waals surface area (Å²) in [5.74, 6) is 0. The number of ether oxygens (including phenoxy) is 1. The lowest BCUT2D eigenvalue weighted by Crippen LogP contribution is -1.99. The zero-order valence-corrected chi connectivity index (χ0v) is 5.03. The SMILES string of the molecule is COCC(C)S. The van der Waals surface area contributed by atoms with Gasteiger partial charge >= 0.3 is 0 Å². The summed E-state index contributed by atoms with van der Waals surface area (Å²) < 4.78 is 4.73. The Labute approximate surface area is 44.1 Å². The van der Waals surface area contributed by atoms with Crippen LogP contribution in [-0.4, -0.2) is 19.0 Å². The number of hydrogen-bond acceptors (Lipinski definition) is 2. The van der Waals surface area contributed by atoms with Crippen molar-refractivity contribution in [2.75, 3.05) is 13.7 Å². The van der Waals surface area contributed by atoms with E-state index in [9.17, 15) is 0 Å². The van der Waals surface area contributed by atoms with E-state index in [1.54, 1.807) is 7.11 Å². The van der Waals surface area contributed by atoms with E-state index in [1.165, 1.54) is 0 Å². The van der Waals surface area contributed by atoms with E-state index in [-0.39, 0.29) is 0 Å². The van der Waals surface area contributed by atoms with Crippen LogP contribution in [0.15, 0.2) is 0 Å². The Bertz CT molecular complexity index is 28.7. The minimum Gasteiger partial charge on any atom is -0.384 e. The van der Waals surface area contributed by atoms with Gasteiger partial charge in [-0.3, -0.25) is 0 Å². The van der Waals surface area contributed by atoms with Gasteiger partial charge in [0.25, 0.3) is 0 Å². The van der Waals surface area contributed by atoms with Gasteiger partial charge in [-0.25, -0.2) is 0 Å². The number of thiol groups is 1. The molecule has 0 aliphatic rings. The van der Waals surface area contributed by atoms with Crippen molar-refractivity contribution >= 4 is 12.6 Å². The van der Waals surface area contributed by atoms with Crippen LogP contribution in [0.5, 0.6) is 0 Å². The van der Waals surface area contributed by atoms with Gasteiger partial charge in [0.05, 0.1) is 6.61 Å². The van der Waals surface area contributed by atoms with Gasteiger partial charge in [0, 0.05) is 12.4 Å². The third-order valence-corrected chi connectivity index (χ3v) is 0.557. The third-order valence-electron chi connectivity index (χ3n) is 0.408. The van der Waals surface area contributed by atoms with Crippen LogP contribution in [0.2, 0.25) is 0 Å². The summed E-state index contributed by atoms with van der Waals surface area (Å²) in [5, 5.41) is 0.370. The lowest BCUT2D eigenvalue weighted by atomic mass is 10.5. The van der Waals surface area contributed by atoms with Crippen LogP contribution in [0.3, 0.4) is 0 Å². The molecule has 0 amide bonds. The van der Waals surface area contributed by atoms with Crippen LogP contribution in [-0.2, 0) is 4.74 Å². The summed E-state index contributed by atoms with van der Waals surface area (Å²) in [6.45, 7) is 2.73. The van der Waals surface area contributed by atoms with Crippen LogP contribution >= 0.6 is 12.6 Å². The highest BCUT2D eigenvalue weighted by atomic mass is 32.1. The summed E-state index contributed by atoms with van der Waals surface area (Å²) in [4.78, 5) is 0. The van der Waals surface area contributed by atoms with Crippen LogP contribution in [0.1, 0.15) is 6.92 Å². The Morgan fingerprint density at radius 3 is 2.33 bits per heavy atom. The lowest BCUT2D eigenvalue weighted by Gasteiger charge is -1.97. The van der Waals surface area contributed by atoms with Gasteiger partial charge in [-0.2, -0.15) is 12.6 Å². The van der Waals surface area contributed by atoms with Gasteiger partial charge in [0.2, 0.25) is 0 Å². The first-order chi connectivity index (χ1) is 2.77. The van der Waals surface area contributed by atoms with Crippen LogP contribution in [0.25, 0.3) is 0 Å². The molecule has 6 heavy (non-hydrogen) atoms. The molecule has 1 nitrogen and oxygen atoms in total. The molecule has 0 spiro atoms. The van der Waals surface area contributed by atoms with Crippen LogP contribution in [0.4, 0.5) is 0 Å². The molecule has 0 aromatic carbocycles. The molecule has 0 saturated heterocycles. The second-order valence-electron chi connectivity index (χ2n) is 1.30. The third kappa shape index (κ3) is 4.31. The van der Waals surface area contributed by atoms with E-state index < -0.39 is 0 Å². The van der Waals surface area contributed by atoms with Crippen molar-refractivity contribution in [3.8, 4) is 0 Å². The fraction of sp³-hybridized carbons (Fsp3) is 1.00. The maximum atomic E-state index is 4.73. The van der Waals surface area contributed by atoms with Crippen molar-refractivity contribution in [2.45, 2.75) is 12.2 Å². The van der Waals surface area contributed by atoms with Crippen LogP contribution < -0.4 is 0 Å². The first-order valence-electron chi connectivity index (χ1n) is 1.94. The van der Waals surface area contributed by atoms with Crippen LogP contribution in [0, 0.1) is 0 Å². The predicted molar refractivity (Wildman–Crippen MR) is 30.3 cm³/mol. The molecular formula is C4H10OS. The maximum Gasteiger partial charge on any atom is 0.0576 e. The van der Waals surface area contributed by atoms with Crippen molar-refractivity contribution in [3.05, 3.63) is 0 Å². The molecule has 0 aromatic heterocycles. The van der Waals surface area contributed by atoms with E-state index in [0.29, 0.717) is 5.25 Å². The van der Waals surface area contributed by atoms with Gasteiger partial charge in [0.15, 0.2) is 0 Å². The normalized spacial score (nSPS) is 14.5. The van der Waals surface area contributed by atoms with Gasteiger partial charge in [0.1, 0.15) is 0 Å². The molecule has 1 unspecified atom stereocenters. The van der Waals surface area contributed by atoms with Crippen molar-refractivity contribution in [1.82, 2.24) is 0 Å². The Hall–Kier alpha value is 0.310. The minimum atomic E-state index is 0.370. The average molecular weight is 106 g/mol. The average Bonchev–Trinajstić information content (AvgIpc) is 1.35. The van der Waals surface area contributed by atoms with E-state index in [2.05, 4.69) is 12.6 Å². The fourth-order valence-electron chi connectivity index (χ4n) is 0.241. The van der Waals surface area contributed by atoms with Crippen molar-refractivity contribution in [2.24, 2.45) is 0 Å². The maximum absolute atomic E-state index is 4.73. The Balaban J connectivity index is 2.63. The largest absolute Gasteiger partial charge is 0.384 e. The molecule has 38 valence electrons.